The summed E-state index contributed by atoms with van der Waals surface area (Å²) in [5.74, 6) is -0.616. The first-order valence-corrected chi connectivity index (χ1v) is 8.82. The highest BCUT2D eigenvalue weighted by Crippen LogP contribution is 2.34. The van der Waals surface area contributed by atoms with Gasteiger partial charge < -0.3 is 4.74 Å². The normalized spacial score (nSPS) is 21.9. The van der Waals surface area contributed by atoms with Gasteiger partial charge in [0.2, 0.25) is 0 Å². The van der Waals surface area contributed by atoms with Gasteiger partial charge in [-0.1, -0.05) is 17.3 Å². The van der Waals surface area contributed by atoms with Crippen molar-refractivity contribution in [2.75, 3.05) is 13.1 Å². The molecule has 1 saturated heterocycles. The first-order valence-electron chi connectivity index (χ1n) is 8.82. The average Bonchev–Trinajstić information content (AvgIpc) is 3.27. The highest BCUT2D eigenvalue weighted by atomic mass is 19.1. The Morgan fingerprint density at radius 2 is 1.85 bits per heavy atom. The van der Waals surface area contributed by atoms with Gasteiger partial charge in [0.25, 0.3) is 0 Å². The quantitative estimate of drug-likeness (QED) is 0.710. The average molecular weight is 369 g/mol. The molecule has 0 aliphatic carbocycles. The van der Waals surface area contributed by atoms with Crippen molar-refractivity contribution < 1.29 is 13.5 Å². The van der Waals surface area contributed by atoms with Crippen LogP contribution in [0.4, 0.5) is 8.78 Å². The first-order chi connectivity index (χ1) is 13.2. The third kappa shape index (κ3) is 3.00. The number of aromatic nitrogens is 4. The van der Waals surface area contributed by atoms with E-state index in [2.05, 4.69) is 20.2 Å². The van der Waals surface area contributed by atoms with Gasteiger partial charge in [0.05, 0.1) is 36.3 Å². The van der Waals surface area contributed by atoms with Gasteiger partial charge >= 0.3 is 0 Å². The summed E-state index contributed by atoms with van der Waals surface area (Å²) in [5, 5.41) is 8.59. The van der Waals surface area contributed by atoms with E-state index in [0.29, 0.717) is 18.0 Å². The van der Waals surface area contributed by atoms with Crippen LogP contribution in [0.2, 0.25) is 0 Å². The fourth-order valence-electron chi connectivity index (χ4n) is 3.82. The molecule has 1 aromatic carbocycles. The molecule has 2 aliphatic rings. The number of hydrogen-bond donors (Lipinski definition) is 0. The fraction of sp³-hybridized carbons (Fsp3) is 0.316. The van der Waals surface area contributed by atoms with Crippen molar-refractivity contribution in [3.63, 3.8) is 0 Å². The van der Waals surface area contributed by atoms with Crippen molar-refractivity contribution in [2.45, 2.75) is 25.3 Å². The van der Waals surface area contributed by atoms with E-state index in [1.54, 1.807) is 18.2 Å². The zero-order chi connectivity index (χ0) is 18.4. The Balaban J connectivity index is 1.37. The summed E-state index contributed by atoms with van der Waals surface area (Å²) >= 11 is 0. The lowest BCUT2D eigenvalue weighted by atomic mass is 10.1. The summed E-state index contributed by atoms with van der Waals surface area (Å²) in [7, 11) is 0. The molecule has 0 spiro atoms. The number of ether oxygens (including phenoxy) is 1. The van der Waals surface area contributed by atoms with E-state index in [1.807, 2.05) is 4.68 Å². The molecule has 0 unspecified atom stereocenters. The Kier molecular flexibility index (Phi) is 3.95. The molecule has 0 saturated carbocycles. The predicted molar refractivity (Wildman–Crippen MR) is 92.5 cm³/mol. The molecule has 0 bridgehead atoms. The van der Waals surface area contributed by atoms with E-state index in [0.717, 1.165) is 30.9 Å². The molecule has 3 aromatic rings. The van der Waals surface area contributed by atoms with Gasteiger partial charge in [-0.15, -0.1) is 5.10 Å². The van der Waals surface area contributed by atoms with Crippen LogP contribution in [0.1, 0.15) is 17.3 Å². The second kappa shape index (κ2) is 6.47. The van der Waals surface area contributed by atoms with Crippen molar-refractivity contribution in [2.24, 2.45) is 0 Å². The smallest absolute Gasteiger partial charge is 0.141 e. The van der Waals surface area contributed by atoms with Gasteiger partial charge in [0, 0.05) is 19.6 Å². The van der Waals surface area contributed by atoms with Crippen LogP contribution in [0.15, 0.2) is 42.6 Å². The van der Waals surface area contributed by atoms with E-state index in [4.69, 9.17) is 4.74 Å². The van der Waals surface area contributed by atoms with Crippen LogP contribution < -0.4 is 0 Å². The second-order valence-corrected chi connectivity index (χ2v) is 6.93. The second-order valence-electron chi connectivity index (χ2n) is 6.93. The summed E-state index contributed by atoms with van der Waals surface area (Å²) in [4.78, 5) is 6.38. The molecule has 2 aromatic heterocycles. The molecule has 5 rings (SSSR count). The lowest BCUT2D eigenvalue weighted by Gasteiger charge is -2.26. The number of halogens is 2. The van der Waals surface area contributed by atoms with Crippen molar-refractivity contribution >= 4 is 0 Å². The van der Waals surface area contributed by atoms with Crippen LogP contribution in [0.3, 0.4) is 0 Å². The zero-order valence-corrected chi connectivity index (χ0v) is 14.4. The maximum Gasteiger partial charge on any atom is 0.141 e. The zero-order valence-electron chi connectivity index (χ0n) is 14.4. The Hall–Kier alpha value is -2.71. The number of pyridine rings is 1. The minimum Gasteiger partial charge on any atom is -0.368 e. The van der Waals surface area contributed by atoms with Crippen molar-refractivity contribution in [1.29, 1.82) is 0 Å². The third-order valence-electron chi connectivity index (χ3n) is 5.14. The van der Waals surface area contributed by atoms with E-state index in [-0.39, 0.29) is 23.8 Å². The topological polar surface area (TPSA) is 56.1 Å². The highest BCUT2D eigenvalue weighted by molar-refractivity contribution is 5.56. The maximum absolute atomic E-state index is 13.1. The number of rotatable bonds is 3. The molecule has 0 radical (unpaired) electrons. The molecule has 4 heterocycles. The Morgan fingerprint density at radius 3 is 2.63 bits per heavy atom. The van der Waals surface area contributed by atoms with Gasteiger partial charge in [-0.3, -0.25) is 9.88 Å². The van der Waals surface area contributed by atoms with E-state index >= 15 is 0 Å². The predicted octanol–water partition coefficient (Wildman–Crippen LogP) is 2.57. The molecule has 8 heteroatoms. The SMILES string of the molecule is Fc1ccc(CN2C[C@@H]3[C@@H](C2)OCc2c(-c4ccc(F)cn4)nnn23)cc1. The molecule has 2 aliphatic heterocycles. The number of fused-ring (bicyclic) bond motifs is 3. The molecular weight excluding hydrogens is 352 g/mol. The van der Waals surface area contributed by atoms with Crippen LogP contribution in [-0.2, 0) is 17.9 Å². The first kappa shape index (κ1) is 16.5. The van der Waals surface area contributed by atoms with E-state index in [9.17, 15) is 8.78 Å². The lowest BCUT2D eigenvalue weighted by molar-refractivity contribution is -0.00495. The highest BCUT2D eigenvalue weighted by Gasteiger charge is 2.40. The van der Waals surface area contributed by atoms with Crippen molar-refractivity contribution in [3.05, 3.63) is 65.5 Å². The van der Waals surface area contributed by atoms with Crippen LogP contribution in [0, 0.1) is 11.6 Å². The molecule has 138 valence electrons. The molecule has 27 heavy (non-hydrogen) atoms. The largest absolute Gasteiger partial charge is 0.368 e. The standard InChI is InChI=1S/C19H17F2N5O/c20-13-3-1-12(2-4-13)8-25-9-16-18(10-25)27-11-17-19(23-24-26(16)17)15-6-5-14(21)7-22-15/h1-7,16,18H,8-11H2/t16-,18-/m1/s1. The minimum atomic E-state index is -0.386. The number of nitrogens with zero attached hydrogens (tertiary/aromatic N) is 5. The molecule has 0 N–H and O–H groups in total. The Bertz CT molecular complexity index is 957. The molecule has 0 amide bonds. The van der Waals surface area contributed by atoms with Gasteiger partial charge in [0.1, 0.15) is 17.3 Å². The van der Waals surface area contributed by atoms with Crippen LogP contribution in [0.5, 0.6) is 0 Å². The molecule has 1 fully saturated rings. The summed E-state index contributed by atoms with van der Waals surface area (Å²) in [6.07, 6.45) is 1.21. The lowest BCUT2D eigenvalue weighted by Crippen LogP contribution is -2.32. The number of benzene rings is 1. The molecular formula is C19H17F2N5O. The minimum absolute atomic E-state index is 0.0358. The van der Waals surface area contributed by atoms with E-state index in [1.165, 1.54) is 24.4 Å². The fourth-order valence-corrected chi connectivity index (χ4v) is 3.82. The molecule has 6 nitrogen and oxygen atoms in total. The summed E-state index contributed by atoms with van der Waals surface area (Å²) in [5.41, 5.74) is 3.13. The van der Waals surface area contributed by atoms with Crippen LogP contribution in [-0.4, -0.2) is 44.1 Å². The summed E-state index contributed by atoms with van der Waals surface area (Å²) < 4.78 is 34.2. The van der Waals surface area contributed by atoms with Gasteiger partial charge in [-0.2, -0.15) is 0 Å². The van der Waals surface area contributed by atoms with E-state index < -0.39 is 0 Å². The molecule has 2 atom stereocenters. The third-order valence-corrected chi connectivity index (χ3v) is 5.14. The summed E-state index contributed by atoms with van der Waals surface area (Å²) in [6.45, 7) is 2.68. The number of hydrogen-bond acceptors (Lipinski definition) is 5. The van der Waals surface area contributed by atoms with Crippen molar-refractivity contribution in [3.8, 4) is 11.4 Å². The Morgan fingerprint density at radius 1 is 1.04 bits per heavy atom. The summed E-state index contributed by atoms with van der Waals surface area (Å²) in [6, 6.07) is 9.59. The van der Waals surface area contributed by atoms with Crippen molar-refractivity contribution in [1.82, 2.24) is 24.9 Å². The van der Waals surface area contributed by atoms with Crippen LogP contribution in [0.25, 0.3) is 11.4 Å². The monoisotopic (exact) mass is 369 g/mol. The Labute approximate surface area is 154 Å². The van der Waals surface area contributed by atoms with Gasteiger partial charge in [-0.05, 0) is 29.8 Å². The van der Waals surface area contributed by atoms with Crippen LogP contribution >= 0.6 is 0 Å². The number of likely N-dealkylation sites (tertiary alicyclic amines) is 1. The van der Waals surface area contributed by atoms with Gasteiger partial charge in [-0.25, -0.2) is 13.5 Å². The van der Waals surface area contributed by atoms with Gasteiger partial charge in [0.15, 0.2) is 0 Å². The maximum atomic E-state index is 13.1.